The van der Waals surface area contributed by atoms with Gasteiger partial charge in [0.15, 0.2) is 0 Å². The Kier molecular flexibility index (Phi) is 5.07. The standard InChI is InChI=1S/C14H16IN3O2S/c1-10(11-5-7-12(15)8-6-11)17-13-3-2-4-14(9-13)18-21(16,19)20/h2-10,17-18H,1H3,(H2,16,19,20). The van der Waals surface area contributed by atoms with Gasteiger partial charge in [-0.2, -0.15) is 8.42 Å². The summed E-state index contributed by atoms with van der Waals surface area (Å²) in [6.45, 7) is 2.04. The van der Waals surface area contributed by atoms with Crippen LogP contribution in [0.1, 0.15) is 18.5 Å². The molecule has 0 aliphatic rings. The highest BCUT2D eigenvalue weighted by Crippen LogP contribution is 2.22. The molecule has 0 spiro atoms. The molecule has 0 heterocycles. The fraction of sp³-hybridized carbons (Fsp3) is 0.143. The fourth-order valence-corrected chi connectivity index (χ4v) is 2.74. The molecule has 0 saturated heterocycles. The summed E-state index contributed by atoms with van der Waals surface area (Å²) in [6, 6.07) is 15.3. The van der Waals surface area contributed by atoms with Crippen molar-refractivity contribution in [3.63, 3.8) is 0 Å². The van der Waals surface area contributed by atoms with Crippen LogP contribution in [-0.2, 0) is 10.2 Å². The number of nitrogens with two attached hydrogens (primary N) is 1. The molecule has 1 atom stereocenters. The van der Waals surface area contributed by atoms with E-state index in [0.717, 1.165) is 11.3 Å². The van der Waals surface area contributed by atoms with Crippen LogP contribution < -0.4 is 15.2 Å². The fourth-order valence-electron chi connectivity index (χ4n) is 1.92. The third-order valence-electron chi connectivity index (χ3n) is 2.88. The average Bonchev–Trinajstić information content (AvgIpc) is 2.37. The van der Waals surface area contributed by atoms with E-state index in [9.17, 15) is 8.42 Å². The van der Waals surface area contributed by atoms with Crippen molar-refractivity contribution in [3.05, 3.63) is 57.7 Å². The van der Waals surface area contributed by atoms with Crippen LogP contribution >= 0.6 is 22.6 Å². The molecule has 0 bridgehead atoms. The summed E-state index contributed by atoms with van der Waals surface area (Å²) in [5.41, 5.74) is 2.40. The number of halogens is 1. The van der Waals surface area contributed by atoms with Gasteiger partial charge in [-0.05, 0) is 65.4 Å². The molecule has 7 heteroatoms. The number of hydrogen-bond donors (Lipinski definition) is 3. The zero-order valence-corrected chi connectivity index (χ0v) is 14.4. The van der Waals surface area contributed by atoms with Crippen LogP contribution in [0.25, 0.3) is 0 Å². The van der Waals surface area contributed by atoms with Gasteiger partial charge in [-0.1, -0.05) is 18.2 Å². The zero-order valence-electron chi connectivity index (χ0n) is 11.4. The third-order valence-corrected chi connectivity index (χ3v) is 4.12. The molecule has 0 saturated carbocycles. The van der Waals surface area contributed by atoms with Crippen LogP contribution in [0.4, 0.5) is 11.4 Å². The lowest BCUT2D eigenvalue weighted by atomic mass is 10.1. The number of rotatable bonds is 5. The van der Waals surface area contributed by atoms with Gasteiger partial charge >= 0.3 is 0 Å². The van der Waals surface area contributed by atoms with Crippen molar-refractivity contribution in [2.75, 3.05) is 10.0 Å². The van der Waals surface area contributed by atoms with E-state index >= 15 is 0 Å². The molecule has 5 nitrogen and oxygen atoms in total. The summed E-state index contributed by atoms with van der Waals surface area (Å²) in [4.78, 5) is 0. The number of anilines is 2. The van der Waals surface area contributed by atoms with E-state index in [1.165, 1.54) is 3.57 Å². The van der Waals surface area contributed by atoms with Gasteiger partial charge in [0.05, 0.1) is 5.69 Å². The maximum atomic E-state index is 11.0. The lowest BCUT2D eigenvalue weighted by molar-refractivity contribution is 0.603. The van der Waals surface area contributed by atoms with Crippen LogP contribution in [0, 0.1) is 3.57 Å². The molecule has 0 aliphatic heterocycles. The van der Waals surface area contributed by atoms with Crippen LogP contribution in [0.2, 0.25) is 0 Å². The Hall–Kier alpha value is -1.32. The molecule has 0 amide bonds. The number of benzene rings is 2. The Bertz CT molecular complexity index is 717. The highest BCUT2D eigenvalue weighted by atomic mass is 127. The highest BCUT2D eigenvalue weighted by molar-refractivity contribution is 14.1. The van der Waals surface area contributed by atoms with Gasteiger partial charge in [-0.3, -0.25) is 4.72 Å². The topological polar surface area (TPSA) is 84.2 Å². The van der Waals surface area contributed by atoms with Crippen molar-refractivity contribution in [3.8, 4) is 0 Å². The molecule has 2 aromatic rings. The molecule has 4 N–H and O–H groups in total. The minimum atomic E-state index is -3.76. The van der Waals surface area contributed by atoms with Gasteiger partial charge in [0.2, 0.25) is 0 Å². The van der Waals surface area contributed by atoms with E-state index in [2.05, 4.69) is 44.8 Å². The molecule has 0 fully saturated rings. The van der Waals surface area contributed by atoms with Gasteiger partial charge in [0.25, 0.3) is 10.2 Å². The van der Waals surface area contributed by atoms with Crippen LogP contribution in [0.15, 0.2) is 48.5 Å². The quantitative estimate of drug-likeness (QED) is 0.654. The van der Waals surface area contributed by atoms with Crippen molar-refractivity contribution in [2.45, 2.75) is 13.0 Å². The molecule has 1 unspecified atom stereocenters. The smallest absolute Gasteiger partial charge is 0.296 e. The lowest BCUT2D eigenvalue weighted by Gasteiger charge is -2.16. The average molecular weight is 417 g/mol. The summed E-state index contributed by atoms with van der Waals surface area (Å²) in [5.74, 6) is 0. The second-order valence-electron chi connectivity index (χ2n) is 4.65. The van der Waals surface area contributed by atoms with Crippen molar-refractivity contribution < 1.29 is 8.42 Å². The number of hydrogen-bond acceptors (Lipinski definition) is 3. The largest absolute Gasteiger partial charge is 0.378 e. The second-order valence-corrected chi connectivity index (χ2v) is 7.19. The molecule has 0 aromatic heterocycles. The molecule has 21 heavy (non-hydrogen) atoms. The van der Waals surface area contributed by atoms with Gasteiger partial charge in [-0.25, -0.2) is 5.14 Å². The Morgan fingerprint density at radius 1 is 1.10 bits per heavy atom. The first kappa shape index (κ1) is 16.1. The highest BCUT2D eigenvalue weighted by Gasteiger charge is 2.07. The first-order valence-corrected chi connectivity index (χ1v) is 8.88. The van der Waals surface area contributed by atoms with Crippen molar-refractivity contribution in [1.82, 2.24) is 0 Å². The van der Waals surface area contributed by atoms with E-state index < -0.39 is 10.2 Å². The Morgan fingerprint density at radius 2 is 1.71 bits per heavy atom. The summed E-state index contributed by atoms with van der Waals surface area (Å²) in [5, 5.41) is 8.29. The maximum absolute atomic E-state index is 11.0. The number of nitrogens with one attached hydrogen (secondary N) is 2. The molecule has 2 aromatic carbocycles. The van der Waals surface area contributed by atoms with Gasteiger partial charge in [-0.15, -0.1) is 0 Å². The third kappa shape index (κ3) is 5.18. The van der Waals surface area contributed by atoms with Gasteiger partial charge < -0.3 is 5.32 Å². The minimum absolute atomic E-state index is 0.103. The summed E-state index contributed by atoms with van der Waals surface area (Å²) in [6.07, 6.45) is 0. The summed E-state index contributed by atoms with van der Waals surface area (Å²) < 4.78 is 25.5. The van der Waals surface area contributed by atoms with Crippen LogP contribution in [0.3, 0.4) is 0 Å². The Morgan fingerprint density at radius 3 is 2.33 bits per heavy atom. The van der Waals surface area contributed by atoms with Crippen LogP contribution in [-0.4, -0.2) is 8.42 Å². The monoisotopic (exact) mass is 417 g/mol. The normalized spacial score (nSPS) is 12.7. The first-order valence-electron chi connectivity index (χ1n) is 6.26. The molecule has 112 valence electrons. The van der Waals surface area contributed by atoms with E-state index in [-0.39, 0.29) is 6.04 Å². The molecule has 2 rings (SSSR count). The lowest BCUT2D eigenvalue weighted by Crippen LogP contribution is -2.21. The van der Waals surface area contributed by atoms with Crippen molar-refractivity contribution in [1.29, 1.82) is 0 Å². The Labute approximate surface area is 138 Å². The molecular formula is C14H16IN3O2S. The van der Waals surface area contributed by atoms with Crippen LogP contribution in [0.5, 0.6) is 0 Å². The molecule has 0 aliphatic carbocycles. The van der Waals surface area contributed by atoms with E-state index in [4.69, 9.17) is 5.14 Å². The van der Waals surface area contributed by atoms with E-state index in [1.54, 1.807) is 18.2 Å². The minimum Gasteiger partial charge on any atom is -0.378 e. The Balaban J connectivity index is 2.12. The second kappa shape index (κ2) is 6.63. The van der Waals surface area contributed by atoms with E-state index in [1.807, 2.05) is 25.1 Å². The summed E-state index contributed by atoms with van der Waals surface area (Å²) in [7, 11) is -3.76. The summed E-state index contributed by atoms with van der Waals surface area (Å²) >= 11 is 2.26. The van der Waals surface area contributed by atoms with Gasteiger partial charge in [0.1, 0.15) is 0 Å². The predicted octanol–water partition coefficient (Wildman–Crippen LogP) is 3.08. The molecule has 0 radical (unpaired) electrons. The van der Waals surface area contributed by atoms with Gasteiger partial charge in [0, 0.05) is 15.3 Å². The first-order chi connectivity index (χ1) is 9.83. The maximum Gasteiger partial charge on any atom is 0.296 e. The van der Waals surface area contributed by atoms with Crippen molar-refractivity contribution in [2.24, 2.45) is 5.14 Å². The van der Waals surface area contributed by atoms with E-state index in [0.29, 0.717) is 5.69 Å². The van der Waals surface area contributed by atoms with Crippen molar-refractivity contribution >= 4 is 44.2 Å². The zero-order chi connectivity index (χ0) is 15.5. The molecular weight excluding hydrogens is 401 g/mol. The predicted molar refractivity (Wildman–Crippen MR) is 94.4 cm³/mol. The SMILES string of the molecule is CC(Nc1cccc(NS(N)(=O)=O)c1)c1ccc(I)cc1.